The van der Waals surface area contributed by atoms with Crippen LogP contribution in [0.3, 0.4) is 0 Å². The second kappa shape index (κ2) is 9.59. The van der Waals surface area contributed by atoms with Crippen LogP contribution >= 0.6 is 11.3 Å². The first-order chi connectivity index (χ1) is 13.2. The van der Waals surface area contributed by atoms with E-state index >= 15 is 0 Å². The number of thiophene rings is 1. The Bertz CT molecular complexity index is 890. The molecule has 0 radical (unpaired) electrons. The summed E-state index contributed by atoms with van der Waals surface area (Å²) >= 11 is 1.95. The molecule has 0 aliphatic rings. The van der Waals surface area contributed by atoms with Crippen molar-refractivity contribution in [2.24, 2.45) is 0 Å². The Labute approximate surface area is 168 Å². The fourth-order valence-electron chi connectivity index (χ4n) is 3.87. The molecule has 2 aromatic carbocycles. The zero-order valence-corrected chi connectivity index (χ0v) is 18.3. The van der Waals surface area contributed by atoms with E-state index in [0.29, 0.717) is 0 Å². The van der Waals surface area contributed by atoms with E-state index in [1.165, 1.54) is 81.8 Å². The molecule has 0 fully saturated rings. The highest BCUT2D eigenvalue weighted by Crippen LogP contribution is 2.41. The van der Waals surface area contributed by atoms with E-state index in [-0.39, 0.29) is 0 Å². The summed E-state index contributed by atoms with van der Waals surface area (Å²) in [5, 5.41) is 2.79. The van der Waals surface area contributed by atoms with Gasteiger partial charge in [0.05, 0.1) is 6.61 Å². The van der Waals surface area contributed by atoms with Gasteiger partial charge in [0.25, 0.3) is 0 Å². The number of aryl methyl sites for hydroxylation is 3. The maximum absolute atomic E-state index is 6.03. The molecule has 0 spiro atoms. The van der Waals surface area contributed by atoms with Crippen LogP contribution in [0.1, 0.15) is 75.5 Å². The summed E-state index contributed by atoms with van der Waals surface area (Å²) in [6, 6.07) is 9.13. The average molecular weight is 383 g/mol. The molecular formula is C25H34OS. The number of ether oxygens (including phenoxy) is 1. The van der Waals surface area contributed by atoms with Crippen molar-refractivity contribution in [3.63, 3.8) is 0 Å². The van der Waals surface area contributed by atoms with Gasteiger partial charge >= 0.3 is 0 Å². The number of fused-ring (bicyclic) bond motifs is 3. The molecule has 0 saturated heterocycles. The SMILES string of the molecule is CCCCCCCc1ccc2c(sc3c(C)c(OCCCC)ccc32)c1C. The molecule has 0 bridgehead atoms. The number of unbranched alkanes of at least 4 members (excludes halogenated alkanes) is 5. The molecule has 1 nitrogen and oxygen atoms in total. The van der Waals surface area contributed by atoms with Crippen molar-refractivity contribution in [1.29, 1.82) is 0 Å². The molecule has 1 heterocycles. The highest BCUT2D eigenvalue weighted by molar-refractivity contribution is 7.26. The Morgan fingerprint density at radius 2 is 1.41 bits per heavy atom. The molecule has 0 unspecified atom stereocenters. The lowest BCUT2D eigenvalue weighted by atomic mass is 9.99. The monoisotopic (exact) mass is 382 g/mol. The second-order valence-electron chi connectivity index (χ2n) is 7.76. The van der Waals surface area contributed by atoms with Crippen LogP contribution in [0.4, 0.5) is 0 Å². The summed E-state index contributed by atoms with van der Waals surface area (Å²) in [7, 11) is 0. The Morgan fingerprint density at radius 1 is 0.741 bits per heavy atom. The standard InChI is InChI=1S/C25H34OS/c1-5-7-9-10-11-12-20-13-14-21-22-15-16-23(26-17-8-6-2)19(4)25(22)27-24(21)18(20)3/h13-16H,5-12,17H2,1-4H3. The van der Waals surface area contributed by atoms with E-state index in [1.807, 2.05) is 11.3 Å². The van der Waals surface area contributed by atoms with Crippen molar-refractivity contribution in [3.8, 4) is 5.75 Å². The Kier molecular flexibility index (Phi) is 7.18. The van der Waals surface area contributed by atoms with Gasteiger partial charge in [0.2, 0.25) is 0 Å². The first-order valence-electron chi connectivity index (χ1n) is 10.7. The van der Waals surface area contributed by atoms with Crippen molar-refractivity contribution < 1.29 is 4.74 Å². The lowest BCUT2D eigenvalue weighted by molar-refractivity contribution is 0.308. The Balaban J connectivity index is 1.86. The molecule has 3 rings (SSSR count). The highest BCUT2D eigenvalue weighted by Gasteiger charge is 2.14. The van der Waals surface area contributed by atoms with Gasteiger partial charge < -0.3 is 4.74 Å². The molecule has 1 aromatic heterocycles. The molecule has 27 heavy (non-hydrogen) atoms. The van der Waals surface area contributed by atoms with Crippen LogP contribution in [-0.2, 0) is 6.42 Å². The van der Waals surface area contributed by atoms with Crippen molar-refractivity contribution in [2.45, 2.75) is 79.1 Å². The predicted molar refractivity (Wildman–Crippen MR) is 122 cm³/mol. The van der Waals surface area contributed by atoms with Crippen LogP contribution in [-0.4, -0.2) is 6.61 Å². The first-order valence-corrected chi connectivity index (χ1v) is 11.6. The average Bonchev–Trinajstić information content (AvgIpc) is 3.06. The summed E-state index contributed by atoms with van der Waals surface area (Å²) in [6.07, 6.45) is 10.2. The van der Waals surface area contributed by atoms with Gasteiger partial charge in [-0.2, -0.15) is 0 Å². The maximum Gasteiger partial charge on any atom is 0.123 e. The second-order valence-corrected chi connectivity index (χ2v) is 8.78. The normalized spacial score (nSPS) is 11.6. The van der Waals surface area contributed by atoms with E-state index in [0.717, 1.165) is 18.8 Å². The third-order valence-electron chi connectivity index (χ3n) is 5.67. The number of benzene rings is 2. The van der Waals surface area contributed by atoms with E-state index in [4.69, 9.17) is 4.74 Å². The minimum Gasteiger partial charge on any atom is -0.493 e. The number of rotatable bonds is 10. The van der Waals surface area contributed by atoms with E-state index in [2.05, 4.69) is 52.0 Å². The van der Waals surface area contributed by atoms with Crippen molar-refractivity contribution in [2.75, 3.05) is 6.61 Å². The number of hydrogen-bond donors (Lipinski definition) is 0. The smallest absolute Gasteiger partial charge is 0.123 e. The van der Waals surface area contributed by atoms with Gasteiger partial charge in [-0.05, 0) is 56.4 Å². The van der Waals surface area contributed by atoms with E-state index in [9.17, 15) is 0 Å². The third-order valence-corrected chi connectivity index (χ3v) is 7.13. The molecule has 146 valence electrons. The van der Waals surface area contributed by atoms with E-state index in [1.54, 1.807) is 0 Å². The van der Waals surface area contributed by atoms with Crippen LogP contribution in [0.25, 0.3) is 20.2 Å². The highest BCUT2D eigenvalue weighted by atomic mass is 32.1. The Morgan fingerprint density at radius 3 is 2.15 bits per heavy atom. The number of hydrogen-bond acceptors (Lipinski definition) is 2. The molecule has 0 amide bonds. The van der Waals surface area contributed by atoms with Crippen molar-refractivity contribution in [1.82, 2.24) is 0 Å². The molecule has 0 N–H and O–H groups in total. The summed E-state index contributed by atoms with van der Waals surface area (Å²) in [5.41, 5.74) is 4.31. The topological polar surface area (TPSA) is 9.23 Å². The molecule has 2 heteroatoms. The van der Waals surface area contributed by atoms with Gasteiger partial charge in [-0.3, -0.25) is 0 Å². The zero-order valence-electron chi connectivity index (χ0n) is 17.5. The van der Waals surface area contributed by atoms with Gasteiger partial charge in [0.1, 0.15) is 5.75 Å². The molecule has 0 atom stereocenters. The zero-order chi connectivity index (χ0) is 19.2. The van der Waals surface area contributed by atoms with Gasteiger partial charge in [-0.25, -0.2) is 0 Å². The van der Waals surface area contributed by atoms with Gasteiger partial charge in [-0.15, -0.1) is 11.3 Å². The fourth-order valence-corrected chi connectivity index (χ4v) is 5.19. The summed E-state index contributed by atoms with van der Waals surface area (Å²) in [5.74, 6) is 1.05. The molecule has 0 saturated carbocycles. The van der Waals surface area contributed by atoms with Crippen molar-refractivity contribution in [3.05, 3.63) is 41.0 Å². The van der Waals surface area contributed by atoms with Crippen molar-refractivity contribution >= 4 is 31.5 Å². The molecule has 0 aliphatic carbocycles. The minimum atomic E-state index is 0.814. The molecule has 3 aromatic rings. The third kappa shape index (κ3) is 4.48. The minimum absolute atomic E-state index is 0.814. The first kappa shape index (κ1) is 20.2. The quantitative estimate of drug-likeness (QED) is 0.320. The van der Waals surface area contributed by atoms with Crippen LogP contribution in [0, 0.1) is 13.8 Å². The van der Waals surface area contributed by atoms with Gasteiger partial charge in [0, 0.05) is 25.7 Å². The summed E-state index contributed by atoms with van der Waals surface area (Å²) in [4.78, 5) is 0. The maximum atomic E-state index is 6.03. The lowest BCUT2D eigenvalue weighted by Crippen LogP contribution is -1.97. The summed E-state index contributed by atoms with van der Waals surface area (Å²) in [6.45, 7) is 9.82. The summed E-state index contributed by atoms with van der Waals surface area (Å²) < 4.78 is 8.88. The largest absolute Gasteiger partial charge is 0.493 e. The van der Waals surface area contributed by atoms with Crippen LogP contribution < -0.4 is 4.74 Å². The van der Waals surface area contributed by atoms with Crippen LogP contribution in [0.2, 0.25) is 0 Å². The molecule has 0 aliphatic heterocycles. The van der Waals surface area contributed by atoms with Crippen LogP contribution in [0.15, 0.2) is 24.3 Å². The predicted octanol–water partition coefficient (Wildman–Crippen LogP) is 8.36. The lowest BCUT2D eigenvalue weighted by Gasteiger charge is -2.09. The fraction of sp³-hybridized carbons (Fsp3) is 0.520. The van der Waals surface area contributed by atoms with E-state index < -0.39 is 0 Å². The van der Waals surface area contributed by atoms with Gasteiger partial charge in [-0.1, -0.05) is 58.1 Å². The van der Waals surface area contributed by atoms with Gasteiger partial charge in [0.15, 0.2) is 0 Å². The Hall–Kier alpha value is -1.54. The molecular weight excluding hydrogens is 348 g/mol. The van der Waals surface area contributed by atoms with Crippen LogP contribution in [0.5, 0.6) is 5.75 Å².